The van der Waals surface area contributed by atoms with Crippen LogP contribution >= 0.6 is 0 Å². The van der Waals surface area contributed by atoms with Gasteiger partial charge in [0, 0.05) is 0 Å². The highest BCUT2D eigenvalue weighted by molar-refractivity contribution is 5.91. The van der Waals surface area contributed by atoms with Gasteiger partial charge in [-0.25, -0.2) is 19.2 Å². The lowest BCUT2D eigenvalue weighted by atomic mass is 10.2. The summed E-state index contributed by atoms with van der Waals surface area (Å²) in [6.07, 6.45) is 0. The summed E-state index contributed by atoms with van der Waals surface area (Å²) in [6.45, 7) is -1.88. The number of ether oxygens (including phenoxy) is 6. The van der Waals surface area contributed by atoms with Gasteiger partial charge in [-0.05, 0) is 12.1 Å². The zero-order valence-electron chi connectivity index (χ0n) is 14.8. The van der Waals surface area contributed by atoms with Gasteiger partial charge >= 0.3 is 23.9 Å². The maximum absolute atomic E-state index is 11.8. The van der Waals surface area contributed by atoms with Crippen LogP contribution in [0.3, 0.4) is 0 Å². The third-order valence-corrected chi connectivity index (χ3v) is 2.93. The number of carboxylic acid groups (broad SMARTS) is 1. The highest BCUT2D eigenvalue weighted by atomic mass is 16.6. The van der Waals surface area contributed by atoms with E-state index in [2.05, 4.69) is 14.2 Å². The van der Waals surface area contributed by atoms with E-state index in [0.717, 1.165) is 27.4 Å². The number of benzene rings is 1. The highest BCUT2D eigenvalue weighted by Gasteiger charge is 2.21. The van der Waals surface area contributed by atoms with E-state index >= 15 is 0 Å². The largest absolute Gasteiger partial charge is 0.479 e. The van der Waals surface area contributed by atoms with E-state index in [-0.39, 0.29) is 22.8 Å². The molecule has 0 aromatic heterocycles. The lowest BCUT2D eigenvalue weighted by Crippen LogP contribution is -2.17. The van der Waals surface area contributed by atoms with E-state index in [1.54, 1.807) is 0 Å². The molecule has 11 heteroatoms. The van der Waals surface area contributed by atoms with Gasteiger partial charge < -0.3 is 33.5 Å². The van der Waals surface area contributed by atoms with Crippen LogP contribution in [0.15, 0.2) is 12.1 Å². The van der Waals surface area contributed by atoms with Crippen molar-refractivity contribution in [3.63, 3.8) is 0 Å². The first kappa shape index (κ1) is 21.5. The average molecular weight is 386 g/mol. The Morgan fingerprint density at radius 2 is 1.26 bits per heavy atom. The molecular weight excluding hydrogens is 368 g/mol. The molecule has 0 aliphatic carbocycles. The van der Waals surface area contributed by atoms with Gasteiger partial charge in [-0.3, -0.25) is 0 Å². The van der Waals surface area contributed by atoms with E-state index in [4.69, 9.17) is 19.3 Å². The molecule has 0 unspecified atom stereocenters. The van der Waals surface area contributed by atoms with Gasteiger partial charge in [-0.15, -0.1) is 0 Å². The number of hydrogen-bond donors (Lipinski definition) is 1. The summed E-state index contributed by atoms with van der Waals surface area (Å²) in [4.78, 5) is 45.3. The van der Waals surface area contributed by atoms with Crippen LogP contribution in [0.2, 0.25) is 0 Å². The first-order chi connectivity index (χ1) is 12.8. The van der Waals surface area contributed by atoms with Crippen molar-refractivity contribution < 1.29 is 52.7 Å². The monoisotopic (exact) mass is 386 g/mol. The van der Waals surface area contributed by atoms with Crippen LogP contribution in [0.4, 0.5) is 0 Å². The smallest absolute Gasteiger partial charge is 0.343 e. The summed E-state index contributed by atoms with van der Waals surface area (Å²) in [5, 5.41) is 8.80. The Hall–Kier alpha value is -3.50. The van der Waals surface area contributed by atoms with Crippen molar-refractivity contribution in [3.05, 3.63) is 17.7 Å². The van der Waals surface area contributed by atoms with E-state index in [1.807, 2.05) is 0 Å². The van der Waals surface area contributed by atoms with Crippen LogP contribution in [0, 0.1) is 0 Å². The summed E-state index contributed by atoms with van der Waals surface area (Å²) < 4.78 is 29.1. The van der Waals surface area contributed by atoms with Gasteiger partial charge in [-0.2, -0.15) is 0 Å². The molecule has 0 heterocycles. The number of methoxy groups -OCH3 is 3. The molecule has 27 heavy (non-hydrogen) atoms. The van der Waals surface area contributed by atoms with Crippen LogP contribution < -0.4 is 14.2 Å². The van der Waals surface area contributed by atoms with Crippen molar-refractivity contribution in [1.29, 1.82) is 0 Å². The summed E-state index contributed by atoms with van der Waals surface area (Å²) in [5.41, 5.74) is -0.0665. The number of carbonyl (C=O) groups is 4. The first-order valence-corrected chi connectivity index (χ1v) is 7.32. The fraction of sp³-hybridized carbons (Fsp3) is 0.375. The van der Waals surface area contributed by atoms with Gasteiger partial charge in [0.25, 0.3) is 0 Å². The second-order valence-electron chi connectivity index (χ2n) is 4.71. The molecule has 0 radical (unpaired) electrons. The van der Waals surface area contributed by atoms with Crippen molar-refractivity contribution in [2.24, 2.45) is 0 Å². The summed E-state index contributed by atoms with van der Waals surface area (Å²) in [7, 11) is 3.42. The Labute approximate surface area is 153 Å². The minimum Gasteiger partial charge on any atom is -0.479 e. The van der Waals surface area contributed by atoms with E-state index in [1.165, 1.54) is 6.07 Å². The Bertz CT molecular complexity index is 711. The molecule has 11 nitrogen and oxygen atoms in total. The number of esters is 3. The maximum atomic E-state index is 11.8. The third-order valence-electron chi connectivity index (χ3n) is 2.93. The van der Waals surface area contributed by atoms with Gasteiger partial charge in [0.2, 0.25) is 5.75 Å². The second kappa shape index (κ2) is 10.5. The molecule has 1 aromatic carbocycles. The molecule has 0 spiro atoms. The molecule has 0 saturated carbocycles. The van der Waals surface area contributed by atoms with Gasteiger partial charge in [-0.1, -0.05) is 0 Å². The number of aliphatic carboxylic acids is 1. The zero-order chi connectivity index (χ0) is 20.4. The minimum atomic E-state index is -1.30. The molecule has 0 atom stereocenters. The van der Waals surface area contributed by atoms with E-state index in [9.17, 15) is 19.2 Å². The molecule has 1 rings (SSSR count). The fourth-order valence-electron chi connectivity index (χ4n) is 1.69. The molecular formula is C16H18O11. The van der Waals surface area contributed by atoms with Crippen LogP contribution in [-0.2, 0) is 28.6 Å². The van der Waals surface area contributed by atoms with Crippen molar-refractivity contribution in [3.8, 4) is 17.2 Å². The van der Waals surface area contributed by atoms with Gasteiger partial charge in [0.15, 0.2) is 31.3 Å². The number of hydrogen-bond acceptors (Lipinski definition) is 10. The molecule has 0 aliphatic heterocycles. The highest BCUT2D eigenvalue weighted by Crippen LogP contribution is 2.39. The molecule has 148 valence electrons. The summed E-state index contributed by atoms with van der Waals surface area (Å²) >= 11 is 0. The Balaban J connectivity index is 3.33. The number of carbonyl (C=O) groups excluding carboxylic acids is 3. The summed E-state index contributed by atoms with van der Waals surface area (Å²) in [5.74, 6) is -4.15. The van der Waals surface area contributed by atoms with Crippen LogP contribution in [0.5, 0.6) is 17.2 Å². The Morgan fingerprint density at radius 1 is 0.778 bits per heavy atom. The normalized spacial score (nSPS) is 9.74. The van der Waals surface area contributed by atoms with E-state index in [0.29, 0.717) is 0 Å². The average Bonchev–Trinajstić information content (AvgIpc) is 2.67. The van der Waals surface area contributed by atoms with E-state index < -0.39 is 43.7 Å². The standard InChI is InChI=1S/C16H18O11/c1-22-13(19)7-26-11-5-9(16(21)24-3)4-10(25-6-12(17)18)15(11)27-8-14(20)23-2/h4-5H,6-8H2,1-3H3,(H,17,18). The lowest BCUT2D eigenvalue weighted by Gasteiger charge is -2.17. The third kappa shape index (κ3) is 6.72. The molecule has 0 saturated heterocycles. The topological polar surface area (TPSA) is 144 Å². The van der Waals surface area contributed by atoms with Gasteiger partial charge in [0.05, 0.1) is 26.9 Å². The molecule has 1 N–H and O–H groups in total. The first-order valence-electron chi connectivity index (χ1n) is 7.32. The second-order valence-corrected chi connectivity index (χ2v) is 4.71. The summed E-state index contributed by atoms with van der Waals surface area (Å²) in [6, 6.07) is 2.32. The molecule has 0 amide bonds. The van der Waals surface area contributed by atoms with Gasteiger partial charge in [0.1, 0.15) is 0 Å². The fourth-order valence-corrected chi connectivity index (χ4v) is 1.69. The van der Waals surface area contributed by atoms with Crippen LogP contribution in [0.1, 0.15) is 10.4 Å². The van der Waals surface area contributed by atoms with Crippen molar-refractivity contribution >= 4 is 23.9 Å². The number of rotatable bonds is 10. The zero-order valence-corrected chi connectivity index (χ0v) is 14.8. The molecule has 0 fully saturated rings. The van der Waals surface area contributed by atoms with Crippen LogP contribution in [0.25, 0.3) is 0 Å². The van der Waals surface area contributed by atoms with Crippen molar-refractivity contribution in [2.45, 2.75) is 0 Å². The van der Waals surface area contributed by atoms with Crippen molar-refractivity contribution in [1.82, 2.24) is 0 Å². The Kier molecular flexibility index (Phi) is 8.36. The maximum Gasteiger partial charge on any atom is 0.343 e. The molecule has 1 aromatic rings. The Morgan fingerprint density at radius 3 is 1.70 bits per heavy atom. The quantitative estimate of drug-likeness (QED) is 0.430. The number of carboxylic acids is 1. The molecule has 0 aliphatic rings. The predicted octanol–water partition coefficient (Wildman–Crippen LogP) is 0.0402. The predicted molar refractivity (Wildman–Crippen MR) is 85.9 cm³/mol. The lowest BCUT2D eigenvalue weighted by molar-refractivity contribution is -0.144. The van der Waals surface area contributed by atoms with Crippen LogP contribution in [-0.4, -0.2) is 70.1 Å². The van der Waals surface area contributed by atoms with Crippen molar-refractivity contribution in [2.75, 3.05) is 41.2 Å². The molecule has 0 bridgehead atoms. The SMILES string of the molecule is COC(=O)COc1cc(C(=O)OC)cc(OCC(=O)O)c1OCC(=O)OC. The minimum absolute atomic E-state index is 0.0665.